The van der Waals surface area contributed by atoms with E-state index >= 15 is 0 Å². The van der Waals surface area contributed by atoms with Crippen molar-refractivity contribution in [2.45, 2.75) is 13.3 Å². The maximum Gasteiger partial charge on any atom is 0.307 e. The number of aliphatic carboxylic acids is 1. The van der Waals surface area contributed by atoms with Gasteiger partial charge in [0.15, 0.2) is 0 Å². The molecule has 1 aromatic rings. The number of hydrogen-bond donors (Lipinski definition) is 2. The van der Waals surface area contributed by atoms with Gasteiger partial charge in [-0.3, -0.25) is 9.59 Å². The summed E-state index contributed by atoms with van der Waals surface area (Å²) in [6.07, 6.45) is 0.329. The van der Waals surface area contributed by atoms with E-state index in [2.05, 4.69) is 21.2 Å². The van der Waals surface area contributed by atoms with Crippen molar-refractivity contribution in [3.8, 4) is 0 Å². The van der Waals surface area contributed by atoms with Crippen LogP contribution in [-0.4, -0.2) is 42.0 Å². The Morgan fingerprint density at radius 2 is 2.15 bits per heavy atom. The molecule has 20 heavy (non-hydrogen) atoms. The quantitative estimate of drug-likeness (QED) is 0.798. The van der Waals surface area contributed by atoms with E-state index in [1.165, 1.54) is 0 Å². The van der Waals surface area contributed by atoms with Crippen molar-refractivity contribution in [3.05, 3.63) is 28.7 Å². The van der Waals surface area contributed by atoms with Crippen LogP contribution in [0.4, 0.5) is 5.69 Å². The number of hydrogen-bond acceptors (Lipinski definition) is 3. The SMILES string of the molecule is CC(CN(C)CCC(=O)Nc1cccc(Br)c1)C(=O)O. The Labute approximate surface area is 127 Å². The third kappa shape index (κ3) is 6.16. The van der Waals surface area contributed by atoms with Gasteiger partial charge in [-0.05, 0) is 25.2 Å². The molecule has 0 heterocycles. The zero-order valence-electron chi connectivity index (χ0n) is 11.6. The molecule has 0 saturated carbocycles. The number of benzene rings is 1. The van der Waals surface area contributed by atoms with Gasteiger partial charge in [0.2, 0.25) is 5.91 Å². The smallest absolute Gasteiger partial charge is 0.307 e. The number of carboxylic acids is 1. The molecule has 0 aliphatic carbocycles. The minimum absolute atomic E-state index is 0.0853. The molecule has 1 rings (SSSR count). The Bertz CT molecular complexity index is 479. The molecule has 0 aliphatic heterocycles. The molecule has 0 saturated heterocycles. The summed E-state index contributed by atoms with van der Waals surface area (Å²) < 4.78 is 0.905. The number of nitrogens with one attached hydrogen (secondary N) is 1. The number of rotatable bonds is 7. The average molecular weight is 343 g/mol. The Balaban J connectivity index is 2.34. The first-order valence-corrected chi connectivity index (χ1v) is 7.14. The van der Waals surface area contributed by atoms with E-state index < -0.39 is 11.9 Å². The molecule has 0 aromatic heterocycles. The molecule has 2 N–H and O–H groups in total. The third-order valence-corrected chi connectivity index (χ3v) is 3.33. The maximum absolute atomic E-state index is 11.8. The molecule has 0 bridgehead atoms. The number of amides is 1. The van der Waals surface area contributed by atoms with Crippen LogP contribution in [0.1, 0.15) is 13.3 Å². The number of carbonyl (C=O) groups excluding carboxylic acids is 1. The summed E-state index contributed by atoms with van der Waals surface area (Å²) in [5, 5.41) is 11.6. The highest BCUT2D eigenvalue weighted by Crippen LogP contribution is 2.15. The van der Waals surface area contributed by atoms with E-state index in [1.54, 1.807) is 6.92 Å². The van der Waals surface area contributed by atoms with Crippen LogP contribution in [0.25, 0.3) is 0 Å². The average Bonchev–Trinajstić information content (AvgIpc) is 2.36. The van der Waals surface area contributed by atoms with E-state index in [0.29, 0.717) is 19.5 Å². The lowest BCUT2D eigenvalue weighted by atomic mass is 10.2. The largest absolute Gasteiger partial charge is 0.481 e. The van der Waals surface area contributed by atoms with Crippen LogP contribution in [0.2, 0.25) is 0 Å². The van der Waals surface area contributed by atoms with E-state index in [4.69, 9.17) is 5.11 Å². The summed E-state index contributed by atoms with van der Waals surface area (Å²) in [5.74, 6) is -1.35. The van der Waals surface area contributed by atoms with Gasteiger partial charge in [-0.2, -0.15) is 0 Å². The lowest BCUT2D eigenvalue weighted by molar-refractivity contribution is -0.141. The van der Waals surface area contributed by atoms with Gasteiger partial charge in [-0.15, -0.1) is 0 Å². The van der Waals surface area contributed by atoms with Gasteiger partial charge in [0, 0.05) is 29.7 Å². The Kier molecular flexibility index (Phi) is 6.67. The van der Waals surface area contributed by atoms with Crippen molar-refractivity contribution in [3.63, 3.8) is 0 Å². The summed E-state index contributed by atoms with van der Waals surface area (Å²) in [7, 11) is 1.81. The first-order valence-electron chi connectivity index (χ1n) is 6.35. The second-order valence-electron chi connectivity index (χ2n) is 4.81. The van der Waals surface area contributed by atoms with Crippen LogP contribution in [0.3, 0.4) is 0 Å². The predicted octanol–water partition coefficient (Wildman–Crippen LogP) is 2.43. The van der Waals surface area contributed by atoms with E-state index in [1.807, 2.05) is 36.2 Å². The van der Waals surface area contributed by atoms with Crippen LogP contribution in [0.5, 0.6) is 0 Å². The molecule has 1 unspecified atom stereocenters. The van der Waals surface area contributed by atoms with Gasteiger partial charge >= 0.3 is 5.97 Å². The lowest BCUT2D eigenvalue weighted by Gasteiger charge is -2.18. The second-order valence-corrected chi connectivity index (χ2v) is 5.73. The Morgan fingerprint density at radius 3 is 2.75 bits per heavy atom. The van der Waals surface area contributed by atoms with Crippen molar-refractivity contribution in [2.75, 3.05) is 25.5 Å². The van der Waals surface area contributed by atoms with Gasteiger partial charge < -0.3 is 15.3 Å². The van der Waals surface area contributed by atoms with E-state index in [0.717, 1.165) is 10.2 Å². The maximum atomic E-state index is 11.8. The highest BCUT2D eigenvalue weighted by molar-refractivity contribution is 9.10. The molecule has 0 fully saturated rings. The number of carbonyl (C=O) groups is 2. The summed E-state index contributed by atoms with van der Waals surface area (Å²) in [5.41, 5.74) is 0.742. The molecule has 6 heteroatoms. The van der Waals surface area contributed by atoms with Crippen molar-refractivity contribution in [1.29, 1.82) is 0 Å². The van der Waals surface area contributed by atoms with Gasteiger partial charge in [0.1, 0.15) is 0 Å². The Hall–Kier alpha value is -1.40. The second kappa shape index (κ2) is 8.01. The molecule has 5 nitrogen and oxygen atoms in total. The van der Waals surface area contributed by atoms with Crippen molar-refractivity contribution < 1.29 is 14.7 Å². The zero-order chi connectivity index (χ0) is 15.1. The number of carboxylic acid groups (broad SMARTS) is 1. The molecule has 1 atom stereocenters. The molecular formula is C14H19BrN2O3. The summed E-state index contributed by atoms with van der Waals surface area (Å²) in [4.78, 5) is 24.4. The van der Waals surface area contributed by atoms with Gasteiger partial charge in [0.25, 0.3) is 0 Å². The molecular weight excluding hydrogens is 324 g/mol. The molecule has 0 spiro atoms. The highest BCUT2D eigenvalue weighted by Gasteiger charge is 2.14. The normalized spacial score (nSPS) is 12.2. The highest BCUT2D eigenvalue weighted by atomic mass is 79.9. The van der Waals surface area contributed by atoms with Crippen molar-refractivity contribution >= 4 is 33.5 Å². The Morgan fingerprint density at radius 1 is 1.45 bits per heavy atom. The fourth-order valence-corrected chi connectivity index (χ4v) is 2.12. The van der Waals surface area contributed by atoms with Gasteiger partial charge in [-0.25, -0.2) is 0 Å². The summed E-state index contributed by atoms with van der Waals surface area (Å²) in [6, 6.07) is 7.38. The van der Waals surface area contributed by atoms with E-state index in [-0.39, 0.29) is 5.91 Å². The number of halogens is 1. The molecule has 1 amide bonds. The molecule has 1 aromatic carbocycles. The molecule has 0 aliphatic rings. The van der Waals surface area contributed by atoms with E-state index in [9.17, 15) is 9.59 Å². The summed E-state index contributed by atoms with van der Waals surface area (Å²) >= 11 is 3.34. The monoisotopic (exact) mass is 342 g/mol. The van der Waals surface area contributed by atoms with Gasteiger partial charge in [0.05, 0.1) is 5.92 Å². The van der Waals surface area contributed by atoms with Crippen molar-refractivity contribution in [1.82, 2.24) is 4.90 Å². The first kappa shape index (κ1) is 16.7. The van der Waals surface area contributed by atoms with Crippen molar-refractivity contribution in [2.24, 2.45) is 5.92 Å². The standard InChI is InChI=1S/C14H19BrN2O3/c1-10(14(19)20)9-17(2)7-6-13(18)16-12-5-3-4-11(15)8-12/h3-5,8,10H,6-7,9H2,1-2H3,(H,16,18)(H,19,20). The minimum Gasteiger partial charge on any atom is -0.481 e. The van der Waals surface area contributed by atoms with Crippen LogP contribution in [0, 0.1) is 5.92 Å². The molecule has 0 radical (unpaired) electrons. The van der Waals surface area contributed by atoms with Crippen LogP contribution < -0.4 is 5.32 Å². The molecule has 110 valence electrons. The first-order chi connectivity index (χ1) is 9.38. The lowest BCUT2D eigenvalue weighted by Crippen LogP contribution is -2.31. The zero-order valence-corrected chi connectivity index (χ0v) is 13.2. The minimum atomic E-state index is -0.824. The predicted molar refractivity (Wildman–Crippen MR) is 81.7 cm³/mol. The third-order valence-electron chi connectivity index (χ3n) is 2.84. The summed E-state index contributed by atoms with van der Waals surface area (Å²) in [6.45, 7) is 2.61. The number of anilines is 1. The van der Waals surface area contributed by atoms with Crippen LogP contribution in [-0.2, 0) is 9.59 Å². The van der Waals surface area contributed by atoms with Gasteiger partial charge in [-0.1, -0.05) is 28.9 Å². The topological polar surface area (TPSA) is 69.6 Å². The fraction of sp³-hybridized carbons (Fsp3) is 0.429. The van der Waals surface area contributed by atoms with Crippen LogP contribution >= 0.6 is 15.9 Å². The van der Waals surface area contributed by atoms with Crippen LogP contribution in [0.15, 0.2) is 28.7 Å². The fourth-order valence-electron chi connectivity index (χ4n) is 1.72. The number of nitrogens with zero attached hydrogens (tertiary/aromatic N) is 1.